The van der Waals surface area contributed by atoms with Gasteiger partial charge in [0, 0.05) is 10.9 Å². The number of rotatable bonds is 5. The van der Waals surface area contributed by atoms with Gasteiger partial charge < -0.3 is 10.3 Å². The number of carbonyl (C=O) groups excluding carboxylic acids is 1. The number of hydrogen-bond acceptors (Lipinski definition) is 7. The average Bonchev–Trinajstić information content (AvgIpc) is 3.36. The summed E-state index contributed by atoms with van der Waals surface area (Å²) >= 11 is 4.06. The van der Waals surface area contributed by atoms with E-state index in [1.165, 1.54) is 40.0 Å². The molecule has 0 aliphatic carbocycles. The normalized spacial score (nSPS) is 11.3. The van der Waals surface area contributed by atoms with E-state index in [9.17, 15) is 9.59 Å². The fourth-order valence-corrected chi connectivity index (χ4v) is 5.85. The lowest BCUT2D eigenvalue weighted by atomic mass is 10.1. The topological polar surface area (TPSA) is 87.7 Å². The van der Waals surface area contributed by atoms with E-state index in [0.29, 0.717) is 20.5 Å². The van der Waals surface area contributed by atoms with E-state index in [0.717, 1.165) is 26.9 Å². The Morgan fingerprint density at radius 3 is 2.69 bits per heavy atom. The number of thioether (sulfide) groups is 1. The molecule has 0 radical (unpaired) electrons. The van der Waals surface area contributed by atoms with Gasteiger partial charge in [0.05, 0.1) is 21.4 Å². The van der Waals surface area contributed by atoms with E-state index in [2.05, 4.69) is 20.3 Å². The minimum absolute atomic E-state index is 0.125. The highest BCUT2D eigenvalue weighted by Gasteiger charge is 2.14. The largest absolute Gasteiger partial charge is 0.301 e. The number of H-pyrrole nitrogens is 1. The molecule has 5 aromatic rings. The first kappa shape index (κ1) is 20.9. The van der Waals surface area contributed by atoms with Crippen molar-refractivity contribution in [1.82, 2.24) is 15.0 Å². The lowest BCUT2D eigenvalue weighted by molar-refractivity contribution is -0.113. The first-order valence-corrected chi connectivity index (χ1v) is 12.5. The van der Waals surface area contributed by atoms with E-state index in [4.69, 9.17) is 0 Å². The SMILES string of the molecule is Cc1ccc(-c2csc3nc(SCC(=O)Nc4nc5cc(C)ccc5s4)[nH]c(=O)c23)cc1. The van der Waals surface area contributed by atoms with Gasteiger partial charge in [-0.25, -0.2) is 9.97 Å². The maximum absolute atomic E-state index is 12.8. The van der Waals surface area contributed by atoms with Crippen LogP contribution < -0.4 is 10.9 Å². The van der Waals surface area contributed by atoms with Crippen molar-refractivity contribution in [3.05, 3.63) is 69.3 Å². The Morgan fingerprint density at radius 1 is 1.09 bits per heavy atom. The standard InChI is InChI=1S/C23H18N4O2S3/c1-12-3-6-14(7-4-12)15-10-30-21-19(15)20(29)26-22(27-21)31-11-18(28)25-23-24-16-9-13(2)5-8-17(16)32-23/h3-10H,11H2,1-2H3,(H,24,25,28)(H,26,27,29). The fraction of sp³-hybridized carbons (Fsp3) is 0.130. The summed E-state index contributed by atoms with van der Waals surface area (Å²) < 4.78 is 1.03. The van der Waals surface area contributed by atoms with Gasteiger partial charge in [-0.3, -0.25) is 9.59 Å². The molecular formula is C23H18N4O2S3. The number of hydrogen-bond donors (Lipinski definition) is 2. The van der Waals surface area contributed by atoms with Crippen LogP contribution in [0, 0.1) is 13.8 Å². The van der Waals surface area contributed by atoms with Crippen molar-refractivity contribution >= 4 is 65.9 Å². The molecule has 2 N–H and O–H groups in total. The fourth-order valence-electron chi connectivity index (χ4n) is 3.32. The number of carbonyl (C=O) groups is 1. The monoisotopic (exact) mass is 478 g/mol. The van der Waals surface area contributed by atoms with Crippen LogP contribution in [0.25, 0.3) is 31.6 Å². The summed E-state index contributed by atoms with van der Waals surface area (Å²) in [6.45, 7) is 4.04. The highest BCUT2D eigenvalue weighted by molar-refractivity contribution is 7.99. The number of nitrogens with zero attached hydrogens (tertiary/aromatic N) is 2. The first-order chi connectivity index (χ1) is 15.5. The summed E-state index contributed by atoms with van der Waals surface area (Å²) in [7, 11) is 0. The molecule has 6 nitrogen and oxygen atoms in total. The van der Waals surface area contributed by atoms with Crippen LogP contribution in [0.5, 0.6) is 0 Å². The third kappa shape index (κ3) is 4.19. The second-order valence-electron chi connectivity index (χ2n) is 7.39. The molecule has 0 aliphatic heterocycles. The molecule has 0 fully saturated rings. The van der Waals surface area contributed by atoms with E-state index in [-0.39, 0.29) is 17.2 Å². The van der Waals surface area contributed by atoms with Crippen molar-refractivity contribution < 1.29 is 4.79 Å². The minimum atomic E-state index is -0.198. The van der Waals surface area contributed by atoms with Crippen LogP contribution in [-0.4, -0.2) is 26.6 Å². The summed E-state index contributed by atoms with van der Waals surface area (Å²) in [5, 5.41) is 6.36. The van der Waals surface area contributed by atoms with E-state index in [1.54, 1.807) is 0 Å². The zero-order chi connectivity index (χ0) is 22.2. The molecule has 0 spiro atoms. The van der Waals surface area contributed by atoms with Crippen LogP contribution in [0.1, 0.15) is 11.1 Å². The third-order valence-electron chi connectivity index (χ3n) is 4.91. The molecule has 5 rings (SSSR count). The molecule has 0 saturated heterocycles. The Bertz CT molecular complexity index is 1520. The second-order valence-corrected chi connectivity index (χ2v) is 10.2. The predicted octanol–water partition coefficient (Wildman–Crippen LogP) is 5.61. The Morgan fingerprint density at radius 2 is 1.88 bits per heavy atom. The number of fused-ring (bicyclic) bond motifs is 2. The van der Waals surface area contributed by atoms with Gasteiger partial charge in [-0.1, -0.05) is 59.0 Å². The smallest absolute Gasteiger partial charge is 0.260 e. The number of benzene rings is 2. The molecule has 0 atom stereocenters. The quantitative estimate of drug-likeness (QED) is 0.253. The maximum atomic E-state index is 12.8. The van der Waals surface area contributed by atoms with Gasteiger partial charge in [0.25, 0.3) is 5.56 Å². The van der Waals surface area contributed by atoms with Crippen molar-refractivity contribution in [3.63, 3.8) is 0 Å². The highest BCUT2D eigenvalue weighted by atomic mass is 32.2. The number of nitrogens with one attached hydrogen (secondary N) is 2. The third-order valence-corrected chi connectivity index (χ3v) is 7.61. The van der Waals surface area contributed by atoms with Crippen LogP contribution in [0.2, 0.25) is 0 Å². The van der Waals surface area contributed by atoms with Crippen LogP contribution in [0.4, 0.5) is 5.13 Å². The number of aromatic amines is 1. The first-order valence-electron chi connectivity index (χ1n) is 9.85. The number of amides is 1. The van der Waals surface area contributed by atoms with E-state index in [1.807, 2.05) is 61.7 Å². The molecule has 32 heavy (non-hydrogen) atoms. The molecule has 2 aromatic carbocycles. The molecule has 0 bridgehead atoms. The van der Waals surface area contributed by atoms with Crippen LogP contribution in [-0.2, 0) is 4.79 Å². The van der Waals surface area contributed by atoms with Crippen molar-refractivity contribution in [2.75, 3.05) is 11.1 Å². The van der Waals surface area contributed by atoms with Gasteiger partial charge in [0.2, 0.25) is 5.91 Å². The summed E-state index contributed by atoms with van der Waals surface area (Å²) in [5.41, 5.74) is 4.82. The van der Waals surface area contributed by atoms with Crippen molar-refractivity contribution in [2.24, 2.45) is 0 Å². The Balaban J connectivity index is 1.31. The molecule has 3 aromatic heterocycles. The van der Waals surface area contributed by atoms with Gasteiger partial charge in [0.1, 0.15) is 4.83 Å². The molecule has 0 saturated carbocycles. The minimum Gasteiger partial charge on any atom is -0.301 e. The van der Waals surface area contributed by atoms with Crippen molar-refractivity contribution in [2.45, 2.75) is 19.0 Å². The molecule has 0 aliphatic rings. The molecule has 9 heteroatoms. The number of aryl methyl sites for hydroxylation is 2. The lowest BCUT2D eigenvalue weighted by Crippen LogP contribution is -2.15. The number of aromatic nitrogens is 3. The summed E-state index contributed by atoms with van der Waals surface area (Å²) in [6.07, 6.45) is 0. The van der Waals surface area contributed by atoms with Gasteiger partial charge in [-0.2, -0.15) is 0 Å². The van der Waals surface area contributed by atoms with Gasteiger partial charge in [-0.15, -0.1) is 11.3 Å². The zero-order valence-corrected chi connectivity index (χ0v) is 19.7. The van der Waals surface area contributed by atoms with Gasteiger partial charge in [-0.05, 0) is 37.1 Å². The van der Waals surface area contributed by atoms with Gasteiger partial charge >= 0.3 is 0 Å². The van der Waals surface area contributed by atoms with Crippen molar-refractivity contribution in [1.29, 1.82) is 0 Å². The van der Waals surface area contributed by atoms with Crippen LogP contribution >= 0.6 is 34.4 Å². The van der Waals surface area contributed by atoms with Crippen molar-refractivity contribution in [3.8, 4) is 11.1 Å². The van der Waals surface area contributed by atoms with Gasteiger partial charge in [0.15, 0.2) is 10.3 Å². The highest BCUT2D eigenvalue weighted by Crippen LogP contribution is 2.32. The molecule has 3 heterocycles. The Labute approximate surface area is 195 Å². The van der Waals surface area contributed by atoms with E-state index >= 15 is 0 Å². The second kappa shape index (κ2) is 8.50. The number of thiazole rings is 1. The Kier molecular flexibility index (Phi) is 5.54. The predicted molar refractivity (Wildman–Crippen MR) is 134 cm³/mol. The molecule has 1 amide bonds. The van der Waals surface area contributed by atoms with Crippen LogP contribution in [0.15, 0.2) is 57.8 Å². The zero-order valence-electron chi connectivity index (χ0n) is 17.3. The van der Waals surface area contributed by atoms with Crippen LogP contribution in [0.3, 0.4) is 0 Å². The molecule has 160 valence electrons. The molecule has 0 unspecified atom stereocenters. The summed E-state index contributed by atoms with van der Waals surface area (Å²) in [6, 6.07) is 14.1. The summed E-state index contributed by atoms with van der Waals surface area (Å²) in [4.78, 5) is 37.7. The molecular weight excluding hydrogens is 460 g/mol. The maximum Gasteiger partial charge on any atom is 0.260 e. The lowest BCUT2D eigenvalue weighted by Gasteiger charge is -2.03. The number of anilines is 1. The van der Waals surface area contributed by atoms with E-state index < -0.39 is 0 Å². The average molecular weight is 479 g/mol. The summed E-state index contributed by atoms with van der Waals surface area (Å²) in [5.74, 6) is -0.0698. The number of thiophene rings is 1. The Hall–Kier alpha value is -3.01.